The van der Waals surface area contributed by atoms with E-state index in [2.05, 4.69) is 5.32 Å². The lowest BCUT2D eigenvalue weighted by molar-refractivity contribution is -0.138. The number of carbonyl (C=O) groups excluding carboxylic acids is 1. The van der Waals surface area contributed by atoms with Crippen LogP contribution in [0.3, 0.4) is 0 Å². The Morgan fingerprint density at radius 1 is 1.50 bits per heavy atom. The van der Waals surface area contributed by atoms with Gasteiger partial charge < -0.3 is 10.4 Å². The number of aliphatic carboxylic acids is 1. The zero-order chi connectivity index (χ0) is 12.3. The maximum atomic E-state index is 13.2. The molecule has 6 heteroatoms. The van der Waals surface area contributed by atoms with Crippen molar-refractivity contribution in [2.75, 3.05) is 0 Å². The minimum atomic E-state index is -1.20. The predicted octanol–water partition coefficient (Wildman–Crippen LogP) is 1.68. The molecule has 0 bridgehead atoms. The van der Waals surface area contributed by atoms with E-state index in [4.69, 9.17) is 16.7 Å². The second kappa shape index (κ2) is 4.94. The number of hydrogen-bond acceptors (Lipinski definition) is 2. The largest absolute Gasteiger partial charge is 0.480 e. The highest BCUT2D eigenvalue weighted by atomic mass is 35.5. The normalized spacial score (nSPS) is 11.9. The van der Waals surface area contributed by atoms with Crippen LogP contribution >= 0.6 is 11.6 Å². The molecule has 0 saturated heterocycles. The molecular weight excluding hydrogens is 237 g/mol. The number of benzene rings is 1. The molecule has 0 aromatic heterocycles. The average molecular weight is 246 g/mol. The molecule has 0 aliphatic heterocycles. The van der Waals surface area contributed by atoms with E-state index in [1.165, 1.54) is 13.0 Å². The molecule has 0 heterocycles. The molecule has 1 aromatic carbocycles. The molecule has 1 atom stereocenters. The fraction of sp³-hybridized carbons (Fsp3) is 0.200. The molecule has 2 N–H and O–H groups in total. The topological polar surface area (TPSA) is 66.4 Å². The number of carbonyl (C=O) groups is 2. The van der Waals surface area contributed by atoms with E-state index in [0.717, 1.165) is 12.1 Å². The van der Waals surface area contributed by atoms with Crippen LogP contribution < -0.4 is 5.32 Å². The molecule has 1 amide bonds. The predicted molar refractivity (Wildman–Crippen MR) is 56.0 cm³/mol. The molecule has 0 aliphatic carbocycles. The van der Waals surface area contributed by atoms with Crippen molar-refractivity contribution in [3.63, 3.8) is 0 Å². The number of nitrogens with one attached hydrogen (secondary N) is 1. The van der Waals surface area contributed by atoms with Crippen molar-refractivity contribution in [1.82, 2.24) is 5.32 Å². The Hall–Kier alpha value is -1.62. The highest BCUT2D eigenvalue weighted by Gasteiger charge is 2.18. The number of rotatable bonds is 3. The fourth-order valence-corrected chi connectivity index (χ4v) is 1.18. The summed E-state index contributed by atoms with van der Waals surface area (Å²) in [7, 11) is 0. The van der Waals surface area contributed by atoms with Gasteiger partial charge in [0.2, 0.25) is 0 Å². The fourth-order valence-electron chi connectivity index (χ4n) is 1.01. The van der Waals surface area contributed by atoms with E-state index in [0.29, 0.717) is 0 Å². The Kier molecular flexibility index (Phi) is 3.84. The number of halogens is 2. The molecule has 86 valence electrons. The molecule has 0 unspecified atom stereocenters. The van der Waals surface area contributed by atoms with Gasteiger partial charge in [-0.25, -0.2) is 4.39 Å². The Labute approximate surface area is 96.0 Å². The molecular formula is C10H9ClFNO3. The highest BCUT2D eigenvalue weighted by molar-refractivity contribution is 6.31. The van der Waals surface area contributed by atoms with Crippen LogP contribution in [0.5, 0.6) is 0 Å². The number of hydrogen-bond donors (Lipinski definition) is 2. The number of carboxylic acids is 1. The van der Waals surface area contributed by atoms with Crippen LogP contribution in [0.4, 0.5) is 4.39 Å². The van der Waals surface area contributed by atoms with Gasteiger partial charge in [-0.2, -0.15) is 0 Å². The number of carboxylic acid groups (broad SMARTS) is 1. The van der Waals surface area contributed by atoms with Crippen molar-refractivity contribution < 1.29 is 19.1 Å². The first kappa shape index (κ1) is 12.4. The summed E-state index contributed by atoms with van der Waals surface area (Å²) in [6, 6.07) is 2.39. The first-order chi connectivity index (χ1) is 7.41. The Bertz CT molecular complexity index is 436. The molecule has 1 rings (SSSR count). The van der Waals surface area contributed by atoms with Crippen molar-refractivity contribution in [2.24, 2.45) is 0 Å². The van der Waals surface area contributed by atoms with Gasteiger partial charge in [0.05, 0.1) is 5.56 Å². The molecule has 0 spiro atoms. The molecule has 0 saturated carbocycles. The summed E-state index contributed by atoms with van der Waals surface area (Å²) in [6.45, 7) is 1.28. The standard InChI is InChI=1S/C10H9ClFNO3/c1-5(10(15)16)13-9(14)7-4-6(11)2-3-8(7)12/h2-5H,1H3,(H,13,14)(H,15,16)/t5-/m0/s1. The molecule has 0 aliphatic rings. The summed E-state index contributed by atoms with van der Waals surface area (Å²) >= 11 is 5.60. The maximum Gasteiger partial charge on any atom is 0.325 e. The van der Waals surface area contributed by atoms with Gasteiger partial charge in [0.25, 0.3) is 5.91 Å². The minimum Gasteiger partial charge on any atom is -0.480 e. The monoisotopic (exact) mass is 245 g/mol. The summed E-state index contributed by atoms with van der Waals surface area (Å²) in [6.07, 6.45) is 0. The molecule has 4 nitrogen and oxygen atoms in total. The summed E-state index contributed by atoms with van der Waals surface area (Å²) in [5.74, 6) is -2.76. The van der Waals surface area contributed by atoms with Crippen molar-refractivity contribution >= 4 is 23.5 Å². The Balaban J connectivity index is 2.88. The molecule has 16 heavy (non-hydrogen) atoms. The summed E-state index contributed by atoms with van der Waals surface area (Å²) in [5.41, 5.74) is -0.277. The lowest BCUT2D eigenvalue weighted by Crippen LogP contribution is -2.38. The van der Waals surface area contributed by atoms with Crippen LogP contribution in [-0.4, -0.2) is 23.0 Å². The lowest BCUT2D eigenvalue weighted by Gasteiger charge is -2.09. The van der Waals surface area contributed by atoms with Crippen LogP contribution in [0.1, 0.15) is 17.3 Å². The zero-order valence-corrected chi connectivity index (χ0v) is 9.08. The summed E-state index contributed by atoms with van der Waals surface area (Å²) < 4.78 is 13.2. The van der Waals surface area contributed by atoms with Crippen molar-refractivity contribution in [3.05, 3.63) is 34.6 Å². The molecule has 0 radical (unpaired) electrons. The van der Waals surface area contributed by atoms with Crippen LogP contribution in [0.15, 0.2) is 18.2 Å². The van der Waals surface area contributed by atoms with Gasteiger partial charge in [-0.15, -0.1) is 0 Å². The van der Waals surface area contributed by atoms with Gasteiger partial charge in [0, 0.05) is 5.02 Å². The van der Waals surface area contributed by atoms with E-state index in [9.17, 15) is 14.0 Å². The molecule has 0 fully saturated rings. The summed E-state index contributed by atoms with van der Waals surface area (Å²) in [4.78, 5) is 21.9. The van der Waals surface area contributed by atoms with Crippen LogP contribution in [-0.2, 0) is 4.79 Å². The Morgan fingerprint density at radius 2 is 2.12 bits per heavy atom. The third-order valence-corrected chi connectivity index (χ3v) is 2.13. The van der Waals surface area contributed by atoms with Gasteiger partial charge in [0.15, 0.2) is 0 Å². The van der Waals surface area contributed by atoms with Gasteiger partial charge >= 0.3 is 5.97 Å². The van der Waals surface area contributed by atoms with E-state index in [1.807, 2.05) is 0 Å². The Morgan fingerprint density at radius 3 is 2.69 bits per heavy atom. The highest BCUT2D eigenvalue weighted by Crippen LogP contribution is 2.14. The zero-order valence-electron chi connectivity index (χ0n) is 8.33. The first-order valence-corrected chi connectivity index (χ1v) is 4.78. The summed E-state index contributed by atoms with van der Waals surface area (Å²) in [5, 5.41) is 10.9. The third kappa shape index (κ3) is 2.93. The smallest absolute Gasteiger partial charge is 0.325 e. The van der Waals surface area contributed by atoms with E-state index < -0.39 is 23.7 Å². The van der Waals surface area contributed by atoms with Gasteiger partial charge in [0.1, 0.15) is 11.9 Å². The third-order valence-electron chi connectivity index (χ3n) is 1.89. The second-order valence-corrected chi connectivity index (χ2v) is 3.59. The van der Waals surface area contributed by atoms with Crippen molar-refractivity contribution in [2.45, 2.75) is 13.0 Å². The number of amides is 1. The second-order valence-electron chi connectivity index (χ2n) is 3.16. The van der Waals surface area contributed by atoms with Crippen LogP contribution in [0.2, 0.25) is 5.02 Å². The van der Waals surface area contributed by atoms with Crippen LogP contribution in [0, 0.1) is 5.82 Å². The quantitative estimate of drug-likeness (QED) is 0.852. The molecule has 1 aromatic rings. The van der Waals surface area contributed by atoms with Gasteiger partial charge in [-0.3, -0.25) is 9.59 Å². The van der Waals surface area contributed by atoms with Crippen molar-refractivity contribution in [3.8, 4) is 0 Å². The maximum absolute atomic E-state index is 13.2. The minimum absolute atomic E-state index is 0.203. The SMILES string of the molecule is C[C@H](NC(=O)c1cc(Cl)ccc1F)C(=O)O. The van der Waals surface area contributed by atoms with E-state index >= 15 is 0 Å². The first-order valence-electron chi connectivity index (χ1n) is 4.40. The van der Waals surface area contributed by atoms with Gasteiger partial charge in [-0.05, 0) is 25.1 Å². The lowest BCUT2D eigenvalue weighted by atomic mass is 10.2. The van der Waals surface area contributed by atoms with Crippen molar-refractivity contribution in [1.29, 1.82) is 0 Å². The average Bonchev–Trinajstić information content (AvgIpc) is 2.21. The van der Waals surface area contributed by atoms with E-state index in [1.54, 1.807) is 0 Å². The van der Waals surface area contributed by atoms with Gasteiger partial charge in [-0.1, -0.05) is 11.6 Å². The van der Waals surface area contributed by atoms with E-state index in [-0.39, 0.29) is 10.6 Å². The van der Waals surface area contributed by atoms with Crippen LogP contribution in [0.25, 0.3) is 0 Å².